The molecule has 2 rings (SSSR count). The summed E-state index contributed by atoms with van der Waals surface area (Å²) in [5.74, 6) is -0.237. The molecule has 0 atom stereocenters. The fraction of sp³-hybridized carbons (Fsp3) is 0.0769. The van der Waals surface area contributed by atoms with Crippen molar-refractivity contribution in [2.75, 3.05) is 18.2 Å². The maximum absolute atomic E-state index is 12.1. The second-order valence-electron chi connectivity index (χ2n) is 4.07. The number of carbonyl (C=O) groups is 1. The first-order valence-corrected chi connectivity index (χ1v) is 5.86. The fourth-order valence-electron chi connectivity index (χ4n) is 1.66. The van der Waals surface area contributed by atoms with Crippen LogP contribution in [0.4, 0.5) is 17.1 Å². The van der Waals surface area contributed by atoms with Gasteiger partial charge in [-0.3, -0.25) is 19.9 Å². The fourth-order valence-corrected chi connectivity index (χ4v) is 1.66. The van der Waals surface area contributed by atoms with E-state index in [1.807, 2.05) is 0 Å². The van der Waals surface area contributed by atoms with Gasteiger partial charge >= 0.3 is 0 Å². The molecular weight excluding hydrogens is 276 g/mol. The maximum Gasteiger partial charge on any atom is 0.274 e. The van der Waals surface area contributed by atoms with Crippen LogP contribution in [0, 0.1) is 10.1 Å². The summed E-state index contributed by atoms with van der Waals surface area (Å²) in [5, 5.41) is 13.3. The lowest BCUT2D eigenvalue weighted by molar-refractivity contribution is -0.384. The average Bonchev–Trinajstić information content (AvgIpc) is 2.47. The van der Waals surface area contributed by atoms with E-state index in [2.05, 4.69) is 10.3 Å². The van der Waals surface area contributed by atoms with Gasteiger partial charge < -0.3 is 15.8 Å². The molecule has 8 nitrogen and oxygen atoms in total. The van der Waals surface area contributed by atoms with Gasteiger partial charge in [0.25, 0.3) is 11.6 Å². The Hall–Kier alpha value is -3.16. The number of carbonyl (C=O) groups excluding carboxylic acids is 1. The van der Waals surface area contributed by atoms with Crippen molar-refractivity contribution in [1.29, 1.82) is 0 Å². The number of nitro groups is 1. The monoisotopic (exact) mass is 288 g/mol. The number of nitrogens with one attached hydrogen (secondary N) is 1. The number of nitro benzene ring substituents is 1. The number of nitrogens with two attached hydrogens (primary N) is 1. The number of nitrogens with zero attached hydrogens (tertiary/aromatic N) is 2. The van der Waals surface area contributed by atoms with Crippen molar-refractivity contribution in [2.24, 2.45) is 0 Å². The van der Waals surface area contributed by atoms with Crippen molar-refractivity contribution in [1.82, 2.24) is 4.98 Å². The third kappa shape index (κ3) is 3.24. The molecule has 1 heterocycles. The van der Waals surface area contributed by atoms with Gasteiger partial charge in [-0.05, 0) is 18.2 Å². The SMILES string of the molecule is COc1ccc([N+](=O)[O-])cc1NC(=O)c1cc(N)ccn1. The van der Waals surface area contributed by atoms with Gasteiger partial charge in [0.05, 0.1) is 17.7 Å². The van der Waals surface area contributed by atoms with E-state index in [1.54, 1.807) is 6.07 Å². The summed E-state index contributed by atoms with van der Waals surface area (Å²) in [4.78, 5) is 26.2. The summed E-state index contributed by atoms with van der Waals surface area (Å²) in [6.45, 7) is 0. The van der Waals surface area contributed by atoms with Crippen LogP contribution < -0.4 is 15.8 Å². The summed E-state index contributed by atoms with van der Waals surface area (Å²) >= 11 is 0. The first kappa shape index (κ1) is 14.3. The topological polar surface area (TPSA) is 120 Å². The highest BCUT2D eigenvalue weighted by Crippen LogP contribution is 2.29. The molecule has 0 aliphatic rings. The Morgan fingerprint density at radius 2 is 2.14 bits per heavy atom. The number of non-ortho nitro benzene ring substituents is 1. The zero-order chi connectivity index (χ0) is 15.4. The number of hydrogen-bond donors (Lipinski definition) is 2. The van der Waals surface area contributed by atoms with Gasteiger partial charge in [-0.2, -0.15) is 0 Å². The first-order valence-electron chi connectivity index (χ1n) is 5.86. The van der Waals surface area contributed by atoms with Gasteiger partial charge in [0.1, 0.15) is 11.4 Å². The molecule has 0 saturated carbocycles. The quantitative estimate of drug-likeness (QED) is 0.654. The molecule has 0 saturated heterocycles. The Labute approximate surface area is 119 Å². The van der Waals surface area contributed by atoms with E-state index < -0.39 is 10.8 Å². The zero-order valence-corrected chi connectivity index (χ0v) is 11.1. The Morgan fingerprint density at radius 3 is 2.76 bits per heavy atom. The van der Waals surface area contributed by atoms with Crippen LogP contribution in [0.3, 0.4) is 0 Å². The molecule has 21 heavy (non-hydrogen) atoms. The molecule has 1 aromatic heterocycles. The zero-order valence-electron chi connectivity index (χ0n) is 11.1. The van der Waals surface area contributed by atoms with Gasteiger partial charge in [-0.25, -0.2) is 0 Å². The lowest BCUT2D eigenvalue weighted by Gasteiger charge is -2.09. The average molecular weight is 288 g/mol. The minimum absolute atomic E-state index is 0.101. The molecule has 0 spiro atoms. The predicted molar refractivity (Wildman–Crippen MR) is 76.3 cm³/mol. The number of aromatic nitrogens is 1. The van der Waals surface area contributed by atoms with Crippen LogP contribution >= 0.6 is 0 Å². The maximum atomic E-state index is 12.1. The minimum Gasteiger partial charge on any atom is -0.495 e. The molecular formula is C13H12N4O4. The smallest absolute Gasteiger partial charge is 0.274 e. The molecule has 3 N–H and O–H groups in total. The van der Waals surface area contributed by atoms with Crippen molar-refractivity contribution in [3.8, 4) is 5.75 Å². The van der Waals surface area contributed by atoms with Crippen LogP contribution in [0.5, 0.6) is 5.75 Å². The first-order chi connectivity index (χ1) is 10.0. The summed E-state index contributed by atoms with van der Waals surface area (Å²) < 4.78 is 5.06. The van der Waals surface area contributed by atoms with Crippen molar-refractivity contribution in [3.63, 3.8) is 0 Å². The second kappa shape index (κ2) is 5.87. The number of amides is 1. The molecule has 2 aromatic rings. The summed E-state index contributed by atoms with van der Waals surface area (Å²) in [7, 11) is 1.40. The van der Waals surface area contributed by atoms with Gasteiger partial charge in [0.15, 0.2) is 0 Å². The Morgan fingerprint density at radius 1 is 1.38 bits per heavy atom. The van der Waals surface area contributed by atoms with E-state index >= 15 is 0 Å². The lowest BCUT2D eigenvalue weighted by atomic mass is 10.2. The number of ether oxygens (including phenoxy) is 1. The highest BCUT2D eigenvalue weighted by molar-refractivity contribution is 6.04. The number of rotatable bonds is 4. The minimum atomic E-state index is -0.562. The van der Waals surface area contributed by atoms with Crippen LogP contribution in [0.1, 0.15) is 10.5 Å². The van der Waals surface area contributed by atoms with E-state index in [1.165, 1.54) is 37.6 Å². The highest BCUT2D eigenvalue weighted by atomic mass is 16.6. The normalized spacial score (nSPS) is 9.95. The van der Waals surface area contributed by atoms with Gasteiger partial charge in [0, 0.05) is 24.0 Å². The van der Waals surface area contributed by atoms with Crippen LogP contribution in [0.15, 0.2) is 36.5 Å². The molecule has 1 aromatic carbocycles. The Kier molecular flexibility index (Phi) is 3.98. The lowest BCUT2D eigenvalue weighted by Crippen LogP contribution is -2.14. The van der Waals surface area contributed by atoms with Crippen molar-refractivity contribution in [3.05, 3.63) is 52.3 Å². The van der Waals surface area contributed by atoms with Crippen molar-refractivity contribution >= 4 is 23.0 Å². The molecule has 1 amide bonds. The summed E-state index contributed by atoms with van der Waals surface area (Å²) in [6.07, 6.45) is 1.40. The predicted octanol–water partition coefficient (Wildman–Crippen LogP) is 1.83. The molecule has 0 fully saturated rings. The van der Waals surface area contributed by atoms with E-state index in [9.17, 15) is 14.9 Å². The van der Waals surface area contributed by atoms with E-state index in [4.69, 9.17) is 10.5 Å². The van der Waals surface area contributed by atoms with Crippen LogP contribution in [0.2, 0.25) is 0 Å². The molecule has 0 radical (unpaired) electrons. The third-order valence-electron chi connectivity index (χ3n) is 2.66. The van der Waals surface area contributed by atoms with Crippen LogP contribution in [-0.4, -0.2) is 22.9 Å². The number of methoxy groups -OCH3 is 1. The van der Waals surface area contributed by atoms with E-state index in [0.717, 1.165) is 0 Å². The summed E-state index contributed by atoms with van der Waals surface area (Å²) in [5.41, 5.74) is 6.09. The van der Waals surface area contributed by atoms with E-state index in [0.29, 0.717) is 11.4 Å². The second-order valence-corrected chi connectivity index (χ2v) is 4.07. The van der Waals surface area contributed by atoms with Gasteiger partial charge in [-0.1, -0.05) is 0 Å². The number of pyridine rings is 1. The van der Waals surface area contributed by atoms with Crippen molar-refractivity contribution in [2.45, 2.75) is 0 Å². The van der Waals surface area contributed by atoms with Crippen molar-refractivity contribution < 1.29 is 14.5 Å². The number of benzene rings is 1. The number of hydrogen-bond acceptors (Lipinski definition) is 6. The largest absolute Gasteiger partial charge is 0.495 e. The standard InChI is InChI=1S/C13H12N4O4/c1-21-12-3-2-9(17(19)20)7-10(12)16-13(18)11-6-8(14)4-5-15-11/h2-7H,1H3,(H2,14,15)(H,16,18). The summed E-state index contributed by atoms with van der Waals surface area (Å²) in [6, 6.07) is 6.85. The molecule has 8 heteroatoms. The highest BCUT2D eigenvalue weighted by Gasteiger charge is 2.15. The third-order valence-corrected chi connectivity index (χ3v) is 2.66. The Balaban J connectivity index is 2.31. The van der Waals surface area contributed by atoms with Crippen LogP contribution in [-0.2, 0) is 0 Å². The van der Waals surface area contributed by atoms with E-state index in [-0.39, 0.29) is 17.1 Å². The molecule has 0 unspecified atom stereocenters. The molecule has 108 valence electrons. The molecule has 0 aliphatic heterocycles. The van der Waals surface area contributed by atoms with Crippen LogP contribution in [0.25, 0.3) is 0 Å². The van der Waals surface area contributed by atoms with Gasteiger partial charge in [-0.15, -0.1) is 0 Å². The number of anilines is 2. The number of nitrogen functional groups attached to an aromatic ring is 1. The molecule has 0 aliphatic carbocycles. The molecule has 0 bridgehead atoms. The van der Waals surface area contributed by atoms with Gasteiger partial charge in [0.2, 0.25) is 0 Å². The Bertz CT molecular complexity index is 702.